The lowest BCUT2D eigenvalue weighted by molar-refractivity contribution is -0.125. The molecule has 0 saturated carbocycles. The molecule has 0 aromatic heterocycles. The van der Waals surface area contributed by atoms with E-state index in [1.165, 1.54) is 0 Å². The SMILES string of the molecule is CCCC(C)C(=O)N[C@H](CC)CO. The van der Waals surface area contributed by atoms with Crippen LogP contribution in [0.5, 0.6) is 0 Å². The number of aliphatic hydroxyl groups excluding tert-OH is 1. The van der Waals surface area contributed by atoms with Crippen LogP contribution in [0, 0.1) is 5.92 Å². The minimum Gasteiger partial charge on any atom is -0.394 e. The van der Waals surface area contributed by atoms with E-state index < -0.39 is 0 Å². The van der Waals surface area contributed by atoms with Gasteiger partial charge in [-0.1, -0.05) is 27.2 Å². The number of nitrogens with one attached hydrogen (secondary N) is 1. The average Bonchev–Trinajstić information content (AvgIpc) is 2.14. The lowest BCUT2D eigenvalue weighted by atomic mass is 10.0. The van der Waals surface area contributed by atoms with Crippen LogP contribution >= 0.6 is 0 Å². The van der Waals surface area contributed by atoms with Gasteiger partial charge in [-0.3, -0.25) is 4.79 Å². The lowest BCUT2D eigenvalue weighted by Crippen LogP contribution is -2.39. The van der Waals surface area contributed by atoms with Gasteiger partial charge in [0, 0.05) is 5.92 Å². The monoisotopic (exact) mass is 187 g/mol. The second-order valence-corrected chi connectivity index (χ2v) is 3.49. The molecule has 0 heterocycles. The van der Waals surface area contributed by atoms with E-state index >= 15 is 0 Å². The Labute approximate surface area is 80.5 Å². The van der Waals surface area contributed by atoms with Gasteiger partial charge in [0.25, 0.3) is 0 Å². The summed E-state index contributed by atoms with van der Waals surface area (Å²) in [5.74, 6) is 0.119. The largest absolute Gasteiger partial charge is 0.394 e. The van der Waals surface area contributed by atoms with E-state index in [2.05, 4.69) is 12.2 Å². The van der Waals surface area contributed by atoms with Gasteiger partial charge < -0.3 is 10.4 Å². The van der Waals surface area contributed by atoms with Crippen LogP contribution < -0.4 is 5.32 Å². The van der Waals surface area contributed by atoms with Gasteiger partial charge in [0.05, 0.1) is 12.6 Å². The Kier molecular flexibility index (Phi) is 6.59. The third kappa shape index (κ3) is 4.88. The van der Waals surface area contributed by atoms with Crippen LogP contribution in [0.2, 0.25) is 0 Å². The summed E-state index contributed by atoms with van der Waals surface area (Å²) < 4.78 is 0. The van der Waals surface area contributed by atoms with Gasteiger partial charge in [0.2, 0.25) is 5.91 Å². The molecule has 78 valence electrons. The molecule has 2 atom stereocenters. The van der Waals surface area contributed by atoms with Gasteiger partial charge >= 0.3 is 0 Å². The van der Waals surface area contributed by atoms with Crippen molar-refractivity contribution in [2.24, 2.45) is 5.92 Å². The molecule has 13 heavy (non-hydrogen) atoms. The summed E-state index contributed by atoms with van der Waals surface area (Å²) in [6.45, 7) is 5.96. The number of carbonyl (C=O) groups excluding carboxylic acids is 1. The van der Waals surface area contributed by atoms with Crippen molar-refractivity contribution < 1.29 is 9.90 Å². The maximum atomic E-state index is 11.4. The second-order valence-electron chi connectivity index (χ2n) is 3.49. The number of hydrogen-bond donors (Lipinski definition) is 2. The van der Waals surface area contributed by atoms with Crippen molar-refractivity contribution in [1.29, 1.82) is 0 Å². The normalized spacial score (nSPS) is 15.1. The Balaban J connectivity index is 3.83. The summed E-state index contributed by atoms with van der Waals surface area (Å²) in [6, 6.07) is -0.0770. The first kappa shape index (κ1) is 12.4. The Morgan fingerprint density at radius 1 is 1.46 bits per heavy atom. The summed E-state index contributed by atoms with van der Waals surface area (Å²) in [4.78, 5) is 11.4. The minimum absolute atomic E-state index is 0.0289. The fourth-order valence-electron chi connectivity index (χ4n) is 1.18. The van der Waals surface area contributed by atoms with Crippen LogP contribution in [-0.2, 0) is 4.79 Å². The quantitative estimate of drug-likeness (QED) is 0.658. The highest BCUT2D eigenvalue weighted by atomic mass is 16.3. The molecular weight excluding hydrogens is 166 g/mol. The second kappa shape index (κ2) is 6.89. The van der Waals surface area contributed by atoms with E-state index in [0.29, 0.717) is 0 Å². The molecule has 1 amide bonds. The number of rotatable bonds is 6. The predicted octanol–water partition coefficient (Wildman–Crippen LogP) is 1.31. The van der Waals surface area contributed by atoms with Crippen LogP contribution in [-0.4, -0.2) is 23.7 Å². The number of amides is 1. The Morgan fingerprint density at radius 3 is 2.46 bits per heavy atom. The third-order valence-corrected chi connectivity index (χ3v) is 2.23. The molecule has 0 bridgehead atoms. The molecule has 1 unspecified atom stereocenters. The molecule has 0 rings (SSSR count). The van der Waals surface area contributed by atoms with Crippen molar-refractivity contribution in [2.75, 3.05) is 6.61 Å². The summed E-state index contributed by atoms with van der Waals surface area (Å²) in [6.07, 6.45) is 2.71. The van der Waals surface area contributed by atoms with Crippen molar-refractivity contribution in [3.05, 3.63) is 0 Å². The Hall–Kier alpha value is -0.570. The highest BCUT2D eigenvalue weighted by molar-refractivity contribution is 5.78. The topological polar surface area (TPSA) is 49.3 Å². The third-order valence-electron chi connectivity index (χ3n) is 2.23. The number of carbonyl (C=O) groups is 1. The van der Waals surface area contributed by atoms with Crippen molar-refractivity contribution >= 4 is 5.91 Å². The van der Waals surface area contributed by atoms with E-state index in [9.17, 15) is 4.79 Å². The van der Waals surface area contributed by atoms with E-state index in [0.717, 1.165) is 19.3 Å². The first-order chi connectivity index (χ1) is 6.15. The zero-order chi connectivity index (χ0) is 10.3. The van der Waals surface area contributed by atoms with Gasteiger partial charge in [-0.05, 0) is 12.8 Å². The summed E-state index contributed by atoms with van der Waals surface area (Å²) >= 11 is 0. The van der Waals surface area contributed by atoms with Crippen LogP contribution in [0.15, 0.2) is 0 Å². The van der Waals surface area contributed by atoms with Crippen molar-refractivity contribution in [1.82, 2.24) is 5.32 Å². The fourth-order valence-corrected chi connectivity index (χ4v) is 1.18. The zero-order valence-electron chi connectivity index (χ0n) is 8.84. The molecule has 0 aliphatic carbocycles. The molecular formula is C10H21NO2. The molecule has 0 fully saturated rings. The van der Waals surface area contributed by atoms with Crippen molar-refractivity contribution in [3.63, 3.8) is 0 Å². The highest BCUT2D eigenvalue weighted by Gasteiger charge is 2.14. The standard InChI is InChI=1S/C10H21NO2/c1-4-6-8(3)10(13)11-9(5-2)7-12/h8-9,12H,4-7H2,1-3H3,(H,11,13)/t8?,9-/m1/s1. The Bertz CT molecular complexity index is 144. The van der Waals surface area contributed by atoms with Gasteiger partial charge in [-0.2, -0.15) is 0 Å². The molecule has 0 aromatic rings. The van der Waals surface area contributed by atoms with Crippen LogP contribution in [0.25, 0.3) is 0 Å². The van der Waals surface area contributed by atoms with Gasteiger partial charge in [-0.25, -0.2) is 0 Å². The zero-order valence-corrected chi connectivity index (χ0v) is 8.84. The highest BCUT2D eigenvalue weighted by Crippen LogP contribution is 2.05. The van der Waals surface area contributed by atoms with Crippen LogP contribution in [0.4, 0.5) is 0 Å². The summed E-state index contributed by atoms with van der Waals surface area (Å²) in [5.41, 5.74) is 0. The smallest absolute Gasteiger partial charge is 0.223 e. The number of aliphatic hydroxyl groups is 1. The van der Waals surface area contributed by atoms with Crippen LogP contribution in [0.3, 0.4) is 0 Å². The van der Waals surface area contributed by atoms with Crippen LogP contribution in [0.1, 0.15) is 40.0 Å². The van der Waals surface area contributed by atoms with Gasteiger partial charge in [0.15, 0.2) is 0 Å². The number of hydrogen-bond acceptors (Lipinski definition) is 2. The maximum absolute atomic E-state index is 11.4. The van der Waals surface area contributed by atoms with Crippen molar-refractivity contribution in [2.45, 2.75) is 46.1 Å². The molecule has 0 spiro atoms. The van der Waals surface area contributed by atoms with E-state index in [-0.39, 0.29) is 24.5 Å². The van der Waals surface area contributed by atoms with E-state index in [4.69, 9.17) is 5.11 Å². The molecule has 0 aliphatic heterocycles. The van der Waals surface area contributed by atoms with Gasteiger partial charge in [0.1, 0.15) is 0 Å². The maximum Gasteiger partial charge on any atom is 0.223 e. The van der Waals surface area contributed by atoms with E-state index in [1.807, 2.05) is 13.8 Å². The van der Waals surface area contributed by atoms with Crippen molar-refractivity contribution in [3.8, 4) is 0 Å². The predicted molar refractivity (Wildman–Crippen MR) is 53.4 cm³/mol. The Morgan fingerprint density at radius 2 is 2.08 bits per heavy atom. The lowest BCUT2D eigenvalue weighted by Gasteiger charge is -2.17. The molecule has 0 radical (unpaired) electrons. The van der Waals surface area contributed by atoms with Gasteiger partial charge in [-0.15, -0.1) is 0 Å². The average molecular weight is 187 g/mol. The van der Waals surface area contributed by atoms with E-state index in [1.54, 1.807) is 0 Å². The molecule has 0 saturated heterocycles. The molecule has 3 heteroatoms. The molecule has 0 aliphatic rings. The first-order valence-corrected chi connectivity index (χ1v) is 5.06. The summed E-state index contributed by atoms with van der Waals surface area (Å²) in [5, 5.41) is 11.7. The molecule has 0 aromatic carbocycles. The fraction of sp³-hybridized carbons (Fsp3) is 0.900. The summed E-state index contributed by atoms with van der Waals surface area (Å²) in [7, 11) is 0. The molecule has 3 nitrogen and oxygen atoms in total. The molecule has 2 N–H and O–H groups in total. The first-order valence-electron chi connectivity index (χ1n) is 5.06. The minimum atomic E-state index is -0.0770.